The normalized spacial score (nSPS) is 11.2. The molecule has 4 nitrogen and oxygen atoms in total. The van der Waals surface area contributed by atoms with Crippen LogP contribution in [0.3, 0.4) is 0 Å². The van der Waals surface area contributed by atoms with E-state index in [1.807, 2.05) is 23.7 Å². The van der Waals surface area contributed by atoms with E-state index < -0.39 is 0 Å². The zero-order chi connectivity index (χ0) is 18.1. The molecule has 130 valence electrons. The molecule has 0 saturated heterocycles. The summed E-state index contributed by atoms with van der Waals surface area (Å²) in [5.41, 5.74) is 3.90. The molecule has 0 N–H and O–H groups in total. The van der Waals surface area contributed by atoms with Gasteiger partial charge < -0.3 is 4.57 Å². The smallest absolute Gasteiger partial charge is 0.191 e. The van der Waals surface area contributed by atoms with Crippen LogP contribution in [0.5, 0.6) is 0 Å². The lowest BCUT2D eigenvalue weighted by molar-refractivity contribution is 0.639. The highest BCUT2D eigenvalue weighted by atomic mass is 32.2. The molecule has 0 atom stereocenters. The minimum atomic E-state index is -0.248. The van der Waals surface area contributed by atoms with Crippen molar-refractivity contribution in [2.24, 2.45) is 7.05 Å². The lowest BCUT2D eigenvalue weighted by Crippen LogP contribution is -1.96. The predicted octanol–water partition coefficient (Wildman–Crippen LogP) is 4.77. The molecule has 0 saturated carbocycles. The summed E-state index contributed by atoms with van der Waals surface area (Å²) in [5, 5.41) is 10.0. The molecule has 0 bridgehead atoms. The number of hydrogen-bond donors (Lipinski definition) is 0. The highest BCUT2D eigenvalue weighted by Crippen LogP contribution is 2.28. The molecular formula is C20H17FN4S. The van der Waals surface area contributed by atoms with Crippen molar-refractivity contribution in [3.05, 3.63) is 71.7 Å². The van der Waals surface area contributed by atoms with Gasteiger partial charge in [-0.15, -0.1) is 10.2 Å². The van der Waals surface area contributed by atoms with E-state index in [-0.39, 0.29) is 5.82 Å². The first kappa shape index (κ1) is 16.7. The van der Waals surface area contributed by atoms with Gasteiger partial charge in [0.25, 0.3) is 0 Å². The Kier molecular flexibility index (Phi) is 4.42. The average Bonchev–Trinajstić information content (AvgIpc) is 3.02. The van der Waals surface area contributed by atoms with E-state index in [2.05, 4.69) is 34.2 Å². The SMILES string of the molecule is Cc1cccc(-c2nnc(SCc3ccc(F)c4cccnc34)n2C)c1. The van der Waals surface area contributed by atoms with E-state index >= 15 is 0 Å². The monoisotopic (exact) mass is 364 g/mol. The fourth-order valence-corrected chi connectivity index (χ4v) is 3.83. The second-order valence-corrected chi connectivity index (χ2v) is 7.07. The van der Waals surface area contributed by atoms with Crippen LogP contribution in [0.25, 0.3) is 22.3 Å². The van der Waals surface area contributed by atoms with E-state index in [9.17, 15) is 4.39 Å². The minimum Gasteiger partial charge on any atom is -0.305 e. The van der Waals surface area contributed by atoms with Crippen LogP contribution in [0.15, 0.2) is 59.9 Å². The summed E-state index contributed by atoms with van der Waals surface area (Å²) in [4.78, 5) is 4.34. The number of benzene rings is 2. The fraction of sp³-hybridized carbons (Fsp3) is 0.150. The second-order valence-electron chi connectivity index (χ2n) is 6.13. The lowest BCUT2D eigenvalue weighted by atomic mass is 10.1. The van der Waals surface area contributed by atoms with Gasteiger partial charge >= 0.3 is 0 Å². The first-order chi connectivity index (χ1) is 12.6. The Morgan fingerprint density at radius 1 is 1.08 bits per heavy atom. The van der Waals surface area contributed by atoms with Crippen LogP contribution in [0.2, 0.25) is 0 Å². The Balaban J connectivity index is 1.61. The number of thioether (sulfide) groups is 1. The van der Waals surface area contributed by atoms with E-state index in [1.54, 1.807) is 36.2 Å². The van der Waals surface area contributed by atoms with Gasteiger partial charge in [0.1, 0.15) is 5.82 Å². The molecule has 0 fully saturated rings. The van der Waals surface area contributed by atoms with Crippen molar-refractivity contribution < 1.29 is 4.39 Å². The summed E-state index contributed by atoms with van der Waals surface area (Å²) >= 11 is 1.57. The van der Waals surface area contributed by atoms with Crippen molar-refractivity contribution in [3.63, 3.8) is 0 Å². The van der Waals surface area contributed by atoms with Crippen LogP contribution < -0.4 is 0 Å². The Labute approximate surface area is 155 Å². The van der Waals surface area contributed by atoms with E-state index in [0.29, 0.717) is 16.7 Å². The van der Waals surface area contributed by atoms with E-state index in [0.717, 1.165) is 22.1 Å². The molecule has 0 aliphatic heterocycles. The van der Waals surface area contributed by atoms with Crippen LogP contribution in [0.4, 0.5) is 4.39 Å². The molecule has 0 radical (unpaired) electrons. The molecule has 0 spiro atoms. The summed E-state index contributed by atoms with van der Waals surface area (Å²) in [6, 6.07) is 15.0. The first-order valence-electron chi connectivity index (χ1n) is 8.25. The Bertz CT molecular complexity index is 1090. The molecule has 2 aromatic heterocycles. The summed E-state index contributed by atoms with van der Waals surface area (Å²) in [6.07, 6.45) is 1.69. The molecule has 4 aromatic rings. The van der Waals surface area contributed by atoms with Crippen molar-refractivity contribution >= 4 is 22.7 Å². The van der Waals surface area contributed by atoms with Crippen LogP contribution in [0.1, 0.15) is 11.1 Å². The predicted molar refractivity (Wildman–Crippen MR) is 102 cm³/mol. The summed E-state index contributed by atoms with van der Waals surface area (Å²) in [6.45, 7) is 2.06. The average molecular weight is 364 g/mol. The van der Waals surface area contributed by atoms with Gasteiger partial charge in [0, 0.05) is 29.9 Å². The highest BCUT2D eigenvalue weighted by Gasteiger charge is 2.13. The quantitative estimate of drug-likeness (QED) is 0.489. The molecule has 0 aliphatic rings. The van der Waals surface area contributed by atoms with Crippen molar-refractivity contribution in [2.75, 3.05) is 0 Å². The molecule has 0 aliphatic carbocycles. The van der Waals surface area contributed by atoms with Crippen LogP contribution >= 0.6 is 11.8 Å². The number of nitrogens with zero attached hydrogens (tertiary/aromatic N) is 4. The van der Waals surface area contributed by atoms with Gasteiger partial charge in [0.2, 0.25) is 0 Å². The van der Waals surface area contributed by atoms with Crippen LogP contribution in [-0.2, 0) is 12.8 Å². The summed E-state index contributed by atoms with van der Waals surface area (Å²) < 4.78 is 15.9. The Morgan fingerprint density at radius 2 is 1.96 bits per heavy atom. The number of hydrogen-bond acceptors (Lipinski definition) is 4. The number of fused-ring (bicyclic) bond motifs is 1. The van der Waals surface area contributed by atoms with Gasteiger partial charge in [-0.25, -0.2) is 4.39 Å². The standard InChI is InChI=1S/C20H17FN4S/c1-13-5-3-6-14(11-13)19-23-24-20(25(19)2)26-12-15-8-9-17(21)16-7-4-10-22-18(15)16/h3-11H,12H2,1-2H3. The number of aromatic nitrogens is 4. The number of pyridine rings is 1. The molecule has 0 unspecified atom stereocenters. The maximum atomic E-state index is 13.9. The van der Waals surface area contributed by atoms with Crippen molar-refractivity contribution in [1.29, 1.82) is 0 Å². The third kappa shape index (κ3) is 3.08. The molecular weight excluding hydrogens is 347 g/mol. The molecule has 26 heavy (non-hydrogen) atoms. The third-order valence-electron chi connectivity index (χ3n) is 4.27. The highest BCUT2D eigenvalue weighted by molar-refractivity contribution is 7.98. The largest absolute Gasteiger partial charge is 0.305 e. The van der Waals surface area contributed by atoms with Gasteiger partial charge in [-0.2, -0.15) is 0 Å². The van der Waals surface area contributed by atoms with Gasteiger partial charge in [-0.05, 0) is 36.8 Å². The van der Waals surface area contributed by atoms with Crippen molar-refractivity contribution in [2.45, 2.75) is 17.8 Å². The number of aryl methyl sites for hydroxylation is 1. The topological polar surface area (TPSA) is 43.6 Å². The van der Waals surface area contributed by atoms with Crippen molar-refractivity contribution in [3.8, 4) is 11.4 Å². The number of halogens is 1. The van der Waals surface area contributed by atoms with Crippen molar-refractivity contribution in [1.82, 2.24) is 19.7 Å². The summed E-state index contributed by atoms with van der Waals surface area (Å²) in [5.74, 6) is 1.23. The maximum absolute atomic E-state index is 13.9. The molecule has 0 amide bonds. The van der Waals surface area contributed by atoms with E-state index in [1.165, 1.54) is 11.6 Å². The minimum absolute atomic E-state index is 0.248. The zero-order valence-corrected chi connectivity index (χ0v) is 15.3. The number of rotatable bonds is 4. The second kappa shape index (κ2) is 6.88. The van der Waals surface area contributed by atoms with Gasteiger partial charge in [-0.1, -0.05) is 41.6 Å². The molecule has 6 heteroatoms. The first-order valence-corrected chi connectivity index (χ1v) is 9.23. The van der Waals surface area contributed by atoms with Gasteiger partial charge in [-0.3, -0.25) is 4.98 Å². The van der Waals surface area contributed by atoms with Gasteiger partial charge in [0.05, 0.1) is 5.52 Å². The lowest BCUT2D eigenvalue weighted by Gasteiger charge is -2.07. The zero-order valence-electron chi connectivity index (χ0n) is 14.5. The summed E-state index contributed by atoms with van der Waals surface area (Å²) in [7, 11) is 1.96. The molecule has 2 heterocycles. The van der Waals surface area contributed by atoms with Gasteiger partial charge in [0.15, 0.2) is 11.0 Å². The molecule has 4 rings (SSSR count). The van der Waals surface area contributed by atoms with Crippen LogP contribution in [-0.4, -0.2) is 19.7 Å². The Hall–Kier alpha value is -2.73. The fourth-order valence-electron chi connectivity index (χ4n) is 2.93. The Morgan fingerprint density at radius 3 is 2.81 bits per heavy atom. The van der Waals surface area contributed by atoms with E-state index in [4.69, 9.17) is 0 Å². The molecule has 2 aromatic carbocycles. The third-order valence-corrected chi connectivity index (χ3v) is 5.34. The van der Waals surface area contributed by atoms with Crippen LogP contribution in [0, 0.1) is 12.7 Å². The maximum Gasteiger partial charge on any atom is 0.191 e.